The van der Waals surface area contributed by atoms with E-state index in [2.05, 4.69) is 0 Å². The normalized spacial score (nSPS) is 17.2. The van der Waals surface area contributed by atoms with E-state index in [1.54, 1.807) is 4.90 Å². The van der Waals surface area contributed by atoms with Crippen molar-refractivity contribution in [3.63, 3.8) is 0 Å². The zero-order valence-electron chi connectivity index (χ0n) is 17.0. The molecule has 0 N–H and O–H groups in total. The van der Waals surface area contributed by atoms with Crippen molar-refractivity contribution in [2.24, 2.45) is 20.0 Å². The maximum atomic E-state index is 12.9. The highest BCUT2D eigenvalue weighted by molar-refractivity contribution is 5.96. The van der Waals surface area contributed by atoms with Crippen LogP contribution in [0, 0.1) is 19.8 Å². The van der Waals surface area contributed by atoms with Gasteiger partial charge >= 0.3 is 0 Å². The van der Waals surface area contributed by atoms with Crippen molar-refractivity contribution in [1.29, 1.82) is 0 Å². The van der Waals surface area contributed by atoms with Gasteiger partial charge in [0, 0.05) is 64.6 Å². The van der Waals surface area contributed by atoms with Crippen LogP contribution in [0.25, 0.3) is 0 Å². The summed E-state index contributed by atoms with van der Waals surface area (Å²) in [5.74, 6) is 0.464. The highest BCUT2D eigenvalue weighted by Crippen LogP contribution is 2.22. The summed E-state index contributed by atoms with van der Waals surface area (Å²) in [5.41, 5.74) is 3.51. The molecule has 1 aliphatic heterocycles. The fraction of sp³-hybridized carbons (Fsp3) is 0.524. The maximum absolute atomic E-state index is 12.9. The van der Waals surface area contributed by atoms with E-state index in [9.17, 15) is 9.59 Å². The number of amides is 2. The Bertz CT molecular complexity index is 846. The summed E-state index contributed by atoms with van der Waals surface area (Å²) in [6.45, 7) is 6.11. The summed E-state index contributed by atoms with van der Waals surface area (Å²) < 4.78 is 3.94. The van der Waals surface area contributed by atoms with Crippen molar-refractivity contribution in [3.8, 4) is 0 Å². The predicted molar refractivity (Wildman–Crippen MR) is 106 cm³/mol. The number of piperidine rings is 1. The van der Waals surface area contributed by atoms with Gasteiger partial charge < -0.3 is 18.9 Å². The van der Waals surface area contributed by atoms with E-state index in [0.29, 0.717) is 19.0 Å². The standard InChI is InChI=1S/C21H30N4O2/c1-15-18(8-11-22(15)3)20(26)24(5)13-17-7-6-10-25(14-17)21(27)19-9-12-23(4)16(19)2/h8-9,11-12,17H,6-7,10,13-14H2,1-5H3/t17-/m0/s1. The molecule has 27 heavy (non-hydrogen) atoms. The molecule has 0 saturated carbocycles. The van der Waals surface area contributed by atoms with Crippen LogP contribution in [0.4, 0.5) is 0 Å². The number of aryl methyl sites for hydroxylation is 2. The molecule has 1 atom stereocenters. The molecule has 146 valence electrons. The molecule has 0 spiro atoms. The van der Waals surface area contributed by atoms with Gasteiger partial charge in [-0.3, -0.25) is 9.59 Å². The third-order valence-electron chi connectivity index (χ3n) is 5.91. The molecule has 3 heterocycles. The Hall–Kier alpha value is -2.50. The van der Waals surface area contributed by atoms with E-state index in [4.69, 9.17) is 0 Å². The first-order valence-electron chi connectivity index (χ1n) is 9.58. The molecule has 2 amide bonds. The second-order valence-electron chi connectivity index (χ2n) is 7.80. The van der Waals surface area contributed by atoms with E-state index in [0.717, 1.165) is 41.9 Å². The van der Waals surface area contributed by atoms with Gasteiger partial charge in [-0.1, -0.05) is 0 Å². The molecule has 0 aromatic carbocycles. The Labute approximate surface area is 161 Å². The van der Waals surface area contributed by atoms with Crippen molar-refractivity contribution in [1.82, 2.24) is 18.9 Å². The van der Waals surface area contributed by atoms with Crippen molar-refractivity contribution in [3.05, 3.63) is 47.0 Å². The molecule has 1 fully saturated rings. The summed E-state index contributed by atoms with van der Waals surface area (Å²) in [6.07, 6.45) is 5.87. The molecule has 1 aliphatic rings. The summed E-state index contributed by atoms with van der Waals surface area (Å²) in [5, 5.41) is 0. The van der Waals surface area contributed by atoms with Gasteiger partial charge in [0.2, 0.25) is 0 Å². The molecule has 2 aromatic heterocycles. The Morgan fingerprint density at radius 2 is 1.67 bits per heavy atom. The SMILES string of the molecule is Cc1c(C(=O)N(C)C[C@@H]2CCCN(C(=O)c3ccn(C)c3C)C2)ccn1C. The molecule has 2 aromatic rings. The molecular formula is C21H30N4O2. The van der Waals surface area contributed by atoms with E-state index in [1.165, 1.54) is 0 Å². The lowest BCUT2D eigenvalue weighted by atomic mass is 9.96. The van der Waals surface area contributed by atoms with Crippen LogP contribution >= 0.6 is 0 Å². The van der Waals surface area contributed by atoms with E-state index in [1.807, 2.05) is 73.6 Å². The summed E-state index contributed by atoms with van der Waals surface area (Å²) >= 11 is 0. The highest BCUT2D eigenvalue weighted by Gasteiger charge is 2.28. The molecule has 0 bridgehead atoms. The summed E-state index contributed by atoms with van der Waals surface area (Å²) in [7, 11) is 5.76. The fourth-order valence-electron chi connectivity index (χ4n) is 3.91. The minimum Gasteiger partial charge on any atom is -0.354 e. The van der Waals surface area contributed by atoms with Gasteiger partial charge in [-0.05, 0) is 44.7 Å². The molecule has 6 nitrogen and oxygen atoms in total. The van der Waals surface area contributed by atoms with E-state index >= 15 is 0 Å². The van der Waals surface area contributed by atoms with Crippen LogP contribution < -0.4 is 0 Å². The Kier molecular flexibility index (Phi) is 5.44. The first kappa shape index (κ1) is 19.3. The van der Waals surface area contributed by atoms with Crippen LogP contribution in [0.1, 0.15) is 44.9 Å². The van der Waals surface area contributed by atoms with Crippen LogP contribution in [0.15, 0.2) is 24.5 Å². The van der Waals surface area contributed by atoms with Gasteiger partial charge in [0.1, 0.15) is 0 Å². The van der Waals surface area contributed by atoms with E-state index < -0.39 is 0 Å². The van der Waals surface area contributed by atoms with Gasteiger partial charge in [0.25, 0.3) is 11.8 Å². The first-order chi connectivity index (χ1) is 12.8. The largest absolute Gasteiger partial charge is 0.354 e. The first-order valence-corrected chi connectivity index (χ1v) is 9.58. The van der Waals surface area contributed by atoms with Gasteiger partial charge in [-0.2, -0.15) is 0 Å². The molecule has 0 aliphatic carbocycles. The van der Waals surface area contributed by atoms with Gasteiger partial charge in [-0.15, -0.1) is 0 Å². The van der Waals surface area contributed by atoms with Crippen molar-refractivity contribution in [2.45, 2.75) is 26.7 Å². The minimum atomic E-state index is 0.0513. The zero-order valence-corrected chi connectivity index (χ0v) is 17.0. The lowest BCUT2D eigenvalue weighted by Crippen LogP contribution is -2.44. The van der Waals surface area contributed by atoms with Crippen LogP contribution in [0.2, 0.25) is 0 Å². The molecule has 6 heteroatoms. The third kappa shape index (κ3) is 3.80. The highest BCUT2D eigenvalue weighted by atomic mass is 16.2. The fourth-order valence-corrected chi connectivity index (χ4v) is 3.91. The van der Waals surface area contributed by atoms with Crippen LogP contribution in [-0.4, -0.2) is 57.4 Å². The average molecular weight is 370 g/mol. The Morgan fingerprint density at radius 1 is 1.07 bits per heavy atom. The van der Waals surface area contributed by atoms with Crippen LogP contribution in [0.5, 0.6) is 0 Å². The Balaban J connectivity index is 1.64. The lowest BCUT2D eigenvalue weighted by Gasteiger charge is -2.35. The van der Waals surface area contributed by atoms with Gasteiger partial charge in [0.05, 0.1) is 11.1 Å². The quantitative estimate of drug-likeness (QED) is 0.831. The number of aromatic nitrogens is 2. The number of carbonyl (C=O) groups is 2. The smallest absolute Gasteiger partial charge is 0.255 e. The average Bonchev–Trinajstić information content (AvgIpc) is 3.16. The van der Waals surface area contributed by atoms with Crippen molar-refractivity contribution >= 4 is 11.8 Å². The molecule has 3 rings (SSSR count). The minimum absolute atomic E-state index is 0.0513. The molecular weight excluding hydrogens is 340 g/mol. The number of carbonyl (C=O) groups excluding carboxylic acids is 2. The van der Waals surface area contributed by atoms with Crippen molar-refractivity contribution < 1.29 is 9.59 Å². The van der Waals surface area contributed by atoms with Crippen LogP contribution in [0.3, 0.4) is 0 Å². The van der Waals surface area contributed by atoms with Gasteiger partial charge in [-0.25, -0.2) is 0 Å². The number of rotatable bonds is 4. The number of hydrogen-bond acceptors (Lipinski definition) is 2. The topological polar surface area (TPSA) is 50.5 Å². The number of nitrogens with zero attached hydrogens (tertiary/aromatic N) is 4. The number of hydrogen-bond donors (Lipinski definition) is 0. The van der Waals surface area contributed by atoms with Gasteiger partial charge in [0.15, 0.2) is 0 Å². The van der Waals surface area contributed by atoms with Crippen LogP contribution in [-0.2, 0) is 14.1 Å². The monoisotopic (exact) mass is 370 g/mol. The van der Waals surface area contributed by atoms with E-state index in [-0.39, 0.29) is 11.8 Å². The number of likely N-dealkylation sites (tertiary alicyclic amines) is 1. The second-order valence-corrected chi connectivity index (χ2v) is 7.80. The lowest BCUT2D eigenvalue weighted by molar-refractivity contribution is 0.0617. The second kappa shape index (κ2) is 7.62. The zero-order chi connectivity index (χ0) is 19.7. The Morgan fingerprint density at radius 3 is 2.22 bits per heavy atom. The predicted octanol–water partition coefficient (Wildman–Crippen LogP) is 2.60. The summed E-state index contributed by atoms with van der Waals surface area (Å²) in [6, 6.07) is 3.78. The molecule has 1 saturated heterocycles. The van der Waals surface area contributed by atoms with Crippen molar-refractivity contribution in [2.75, 3.05) is 26.7 Å². The molecule has 0 unspecified atom stereocenters. The third-order valence-corrected chi connectivity index (χ3v) is 5.91. The molecule has 0 radical (unpaired) electrons. The maximum Gasteiger partial charge on any atom is 0.255 e. The summed E-state index contributed by atoms with van der Waals surface area (Å²) in [4.78, 5) is 29.4.